The van der Waals surface area contributed by atoms with Crippen molar-refractivity contribution in [2.24, 2.45) is 0 Å². The van der Waals surface area contributed by atoms with Gasteiger partial charge in [0.15, 0.2) is 0 Å². The second kappa shape index (κ2) is 10.1. The van der Waals surface area contributed by atoms with Crippen molar-refractivity contribution in [3.63, 3.8) is 0 Å². The third-order valence-electron chi connectivity index (χ3n) is 2.89. The van der Waals surface area contributed by atoms with Gasteiger partial charge in [0.1, 0.15) is 11.5 Å². The van der Waals surface area contributed by atoms with Crippen molar-refractivity contribution in [2.45, 2.75) is 32.6 Å². The van der Waals surface area contributed by atoms with Crippen LogP contribution >= 0.6 is 15.9 Å². The number of unbranched alkanes of at least 4 members (excludes halogenated alkanes) is 3. The first-order valence-electron chi connectivity index (χ1n) is 6.95. The molecule has 0 aliphatic rings. The summed E-state index contributed by atoms with van der Waals surface area (Å²) in [6.07, 6.45) is 4.84. The summed E-state index contributed by atoms with van der Waals surface area (Å²) in [7, 11) is 1.66. The number of methoxy groups -OCH3 is 1. The van der Waals surface area contributed by atoms with Crippen molar-refractivity contribution >= 4 is 15.9 Å². The molecule has 1 aromatic carbocycles. The molecular formula is C15H24BrNO2. The van der Waals surface area contributed by atoms with Gasteiger partial charge in [-0.3, -0.25) is 0 Å². The molecule has 0 aromatic heterocycles. The molecular weight excluding hydrogens is 306 g/mol. The first kappa shape index (κ1) is 16.3. The predicted molar refractivity (Wildman–Crippen MR) is 83.2 cm³/mol. The quantitative estimate of drug-likeness (QED) is 0.658. The molecule has 1 N–H and O–H groups in total. The molecule has 1 rings (SSSR count). The van der Waals surface area contributed by atoms with Gasteiger partial charge in [0, 0.05) is 0 Å². The SMILES string of the molecule is CCNCCCCCCOc1ccc(OC)cc1Br. The first-order chi connectivity index (χ1) is 9.27. The van der Waals surface area contributed by atoms with Crippen molar-refractivity contribution in [2.75, 3.05) is 26.8 Å². The lowest BCUT2D eigenvalue weighted by Crippen LogP contribution is -2.13. The van der Waals surface area contributed by atoms with Crippen molar-refractivity contribution in [1.29, 1.82) is 0 Å². The Bertz CT molecular complexity index is 358. The second-order valence-corrected chi connectivity index (χ2v) is 5.27. The highest BCUT2D eigenvalue weighted by Gasteiger charge is 2.02. The smallest absolute Gasteiger partial charge is 0.133 e. The van der Waals surface area contributed by atoms with Crippen LogP contribution in [0.1, 0.15) is 32.6 Å². The maximum absolute atomic E-state index is 5.75. The van der Waals surface area contributed by atoms with Crippen LogP contribution in [0.4, 0.5) is 0 Å². The van der Waals surface area contributed by atoms with Gasteiger partial charge in [-0.2, -0.15) is 0 Å². The fourth-order valence-corrected chi connectivity index (χ4v) is 2.26. The Kier molecular flexibility index (Phi) is 8.67. The van der Waals surface area contributed by atoms with Crippen molar-refractivity contribution in [3.8, 4) is 11.5 Å². The summed E-state index contributed by atoms with van der Waals surface area (Å²) in [4.78, 5) is 0. The zero-order valence-electron chi connectivity index (χ0n) is 11.9. The van der Waals surface area contributed by atoms with E-state index in [4.69, 9.17) is 9.47 Å². The van der Waals surface area contributed by atoms with Crippen LogP contribution in [0.25, 0.3) is 0 Å². The molecule has 4 heteroatoms. The highest BCUT2D eigenvalue weighted by atomic mass is 79.9. The number of benzene rings is 1. The van der Waals surface area contributed by atoms with E-state index < -0.39 is 0 Å². The Morgan fingerprint density at radius 2 is 1.95 bits per heavy atom. The minimum absolute atomic E-state index is 0.770. The molecule has 0 bridgehead atoms. The summed E-state index contributed by atoms with van der Waals surface area (Å²) in [5.74, 6) is 1.72. The molecule has 0 fully saturated rings. The largest absolute Gasteiger partial charge is 0.497 e. The van der Waals surface area contributed by atoms with Crippen LogP contribution in [-0.2, 0) is 0 Å². The maximum Gasteiger partial charge on any atom is 0.133 e. The molecule has 1 aromatic rings. The monoisotopic (exact) mass is 329 g/mol. The highest BCUT2D eigenvalue weighted by molar-refractivity contribution is 9.10. The molecule has 3 nitrogen and oxygen atoms in total. The van der Waals surface area contributed by atoms with Crippen molar-refractivity contribution in [3.05, 3.63) is 22.7 Å². The molecule has 0 atom stereocenters. The van der Waals surface area contributed by atoms with Crippen LogP contribution in [0.2, 0.25) is 0 Å². The zero-order chi connectivity index (χ0) is 13.9. The Morgan fingerprint density at radius 1 is 1.16 bits per heavy atom. The molecule has 0 saturated carbocycles. The van der Waals surface area contributed by atoms with Crippen LogP contribution in [0, 0.1) is 0 Å². The van der Waals surface area contributed by atoms with Crippen LogP contribution in [-0.4, -0.2) is 26.8 Å². The molecule has 108 valence electrons. The number of halogens is 1. The van der Waals surface area contributed by atoms with E-state index in [-0.39, 0.29) is 0 Å². The van der Waals surface area contributed by atoms with Crippen molar-refractivity contribution < 1.29 is 9.47 Å². The Morgan fingerprint density at radius 3 is 2.63 bits per heavy atom. The van der Waals surface area contributed by atoms with E-state index >= 15 is 0 Å². The van der Waals surface area contributed by atoms with Crippen LogP contribution in [0.5, 0.6) is 11.5 Å². The van der Waals surface area contributed by atoms with Gasteiger partial charge in [-0.15, -0.1) is 0 Å². The molecule has 0 spiro atoms. The van der Waals surface area contributed by atoms with E-state index in [0.29, 0.717) is 0 Å². The standard InChI is InChI=1S/C15H24BrNO2/c1-3-17-10-6-4-5-7-11-19-15-9-8-13(18-2)12-14(15)16/h8-9,12,17H,3-7,10-11H2,1-2H3. The number of ether oxygens (including phenoxy) is 2. The third kappa shape index (κ3) is 6.83. The molecule has 0 unspecified atom stereocenters. The lowest BCUT2D eigenvalue weighted by atomic mass is 10.2. The molecule has 0 amide bonds. The number of hydrogen-bond acceptors (Lipinski definition) is 3. The number of rotatable bonds is 10. The molecule has 0 aliphatic carbocycles. The lowest BCUT2D eigenvalue weighted by Gasteiger charge is -2.09. The fourth-order valence-electron chi connectivity index (χ4n) is 1.79. The topological polar surface area (TPSA) is 30.5 Å². The average Bonchev–Trinajstić information content (AvgIpc) is 2.43. The van der Waals surface area contributed by atoms with Gasteiger partial charge in [0.2, 0.25) is 0 Å². The average molecular weight is 330 g/mol. The van der Waals surface area contributed by atoms with Gasteiger partial charge in [-0.1, -0.05) is 19.8 Å². The van der Waals surface area contributed by atoms with E-state index in [1.165, 1.54) is 19.3 Å². The molecule has 0 heterocycles. The zero-order valence-corrected chi connectivity index (χ0v) is 13.5. The van der Waals surface area contributed by atoms with E-state index in [1.54, 1.807) is 7.11 Å². The minimum Gasteiger partial charge on any atom is -0.497 e. The molecule has 0 saturated heterocycles. The predicted octanol–water partition coefficient (Wildman–Crippen LogP) is 4.01. The molecule has 19 heavy (non-hydrogen) atoms. The van der Waals surface area contributed by atoms with Crippen molar-refractivity contribution in [1.82, 2.24) is 5.32 Å². The second-order valence-electron chi connectivity index (χ2n) is 4.41. The summed E-state index contributed by atoms with van der Waals surface area (Å²) in [6, 6.07) is 5.77. The van der Waals surface area contributed by atoms with Gasteiger partial charge in [-0.25, -0.2) is 0 Å². The molecule has 0 aliphatic heterocycles. The minimum atomic E-state index is 0.770. The normalized spacial score (nSPS) is 10.5. The summed E-state index contributed by atoms with van der Waals surface area (Å²) in [5.41, 5.74) is 0. The summed E-state index contributed by atoms with van der Waals surface area (Å²) in [6.45, 7) is 5.10. The fraction of sp³-hybridized carbons (Fsp3) is 0.600. The number of hydrogen-bond donors (Lipinski definition) is 1. The van der Waals surface area contributed by atoms with E-state index in [2.05, 4.69) is 28.2 Å². The summed E-state index contributed by atoms with van der Waals surface area (Å²) in [5, 5.41) is 3.33. The molecule has 0 radical (unpaired) electrons. The van der Waals surface area contributed by atoms with Gasteiger partial charge < -0.3 is 14.8 Å². The summed E-state index contributed by atoms with van der Waals surface area (Å²) >= 11 is 3.49. The van der Waals surface area contributed by atoms with E-state index in [0.717, 1.165) is 42.1 Å². The Hall–Kier alpha value is -0.740. The Labute approximate surface area is 124 Å². The lowest BCUT2D eigenvalue weighted by molar-refractivity contribution is 0.302. The first-order valence-corrected chi connectivity index (χ1v) is 7.74. The van der Waals surface area contributed by atoms with E-state index in [9.17, 15) is 0 Å². The van der Waals surface area contributed by atoms with E-state index in [1.807, 2.05) is 18.2 Å². The van der Waals surface area contributed by atoms with Crippen LogP contribution < -0.4 is 14.8 Å². The van der Waals surface area contributed by atoms with Gasteiger partial charge in [-0.05, 0) is 60.1 Å². The highest BCUT2D eigenvalue weighted by Crippen LogP contribution is 2.29. The van der Waals surface area contributed by atoms with Gasteiger partial charge in [0.25, 0.3) is 0 Å². The Balaban J connectivity index is 2.12. The van der Waals surface area contributed by atoms with Gasteiger partial charge >= 0.3 is 0 Å². The third-order valence-corrected chi connectivity index (χ3v) is 3.51. The maximum atomic E-state index is 5.75. The number of nitrogens with one attached hydrogen (secondary N) is 1. The van der Waals surface area contributed by atoms with Crippen LogP contribution in [0.15, 0.2) is 22.7 Å². The van der Waals surface area contributed by atoms with Gasteiger partial charge in [0.05, 0.1) is 18.2 Å². The van der Waals surface area contributed by atoms with Crippen LogP contribution in [0.3, 0.4) is 0 Å². The summed E-state index contributed by atoms with van der Waals surface area (Å²) < 4.78 is 11.8.